The molecule has 0 fully saturated rings. The zero-order chi connectivity index (χ0) is 14.2. The molecule has 0 radical (unpaired) electrons. The van der Waals surface area contributed by atoms with Crippen LogP contribution >= 0.6 is 31.9 Å². The molecule has 0 saturated heterocycles. The first-order valence-electron chi connectivity index (χ1n) is 5.44. The van der Waals surface area contributed by atoms with E-state index in [2.05, 4.69) is 31.9 Å². The monoisotopic (exact) mass is 392 g/mol. The molecular formula is C14H9Br2F3. The van der Waals surface area contributed by atoms with Gasteiger partial charge in [-0.3, -0.25) is 0 Å². The van der Waals surface area contributed by atoms with Crippen molar-refractivity contribution in [2.45, 2.75) is 11.8 Å². The third-order valence-electron chi connectivity index (χ3n) is 2.74. The second-order valence-electron chi connectivity index (χ2n) is 4.18. The quantitative estimate of drug-likeness (QED) is 0.456. The Kier molecular flexibility index (Phi) is 4.36. The number of rotatable bonds is 2. The van der Waals surface area contributed by atoms with Gasteiger partial charge in [-0.25, -0.2) is 13.2 Å². The first-order valence-corrected chi connectivity index (χ1v) is 7.15. The van der Waals surface area contributed by atoms with Crippen molar-refractivity contribution in [2.24, 2.45) is 0 Å². The van der Waals surface area contributed by atoms with E-state index in [1.165, 1.54) is 0 Å². The van der Waals surface area contributed by atoms with E-state index in [0.717, 1.165) is 21.7 Å². The maximum Gasteiger partial charge on any atom is 0.161 e. The van der Waals surface area contributed by atoms with Crippen molar-refractivity contribution in [3.63, 3.8) is 0 Å². The first-order chi connectivity index (χ1) is 8.90. The molecule has 0 bridgehead atoms. The molecule has 0 N–H and O–H groups in total. The van der Waals surface area contributed by atoms with Crippen LogP contribution in [-0.2, 0) is 0 Å². The van der Waals surface area contributed by atoms with E-state index in [1.807, 2.05) is 25.1 Å². The normalized spacial score (nSPS) is 12.5. The highest BCUT2D eigenvalue weighted by atomic mass is 79.9. The lowest BCUT2D eigenvalue weighted by atomic mass is 10.0. The smallest absolute Gasteiger partial charge is 0.161 e. The Labute approximate surface area is 125 Å². The summed E-state index contributed by atoms with van der Waals surface area (Å²) in [6.45, 7) is 1.90. The average molecular weight is 394 g/mol. The fraction of sp³-hybridized carbons (Fsp3) is 0.143. The molecule has 0 heterocycles. The molecule has 0 nitrogen and oxygen atoms in total. The van der Waals surface area contributed by atoms with Crippen LogP contribution in [0.25, 0.3) is 0 Å². The standard InChI is InChI=1S/C14H9Br2F3/c1-7-2-3-10(15)8(4-7)14(16)9-5-12(18)13(19)6-11(9)17/h2-6,14H,1H3. The number of aryl methyl sites for hydroxylation is 1. The number of benzene rings is 2. The maximum atomic E-state index is 13.7. The summed E-state index contributed by atoms with van der Waals surface area (Å²) in [5, 5.41) is 0. The minimum atomic E-state index is -1.19. The summed E-state index contributed by atoms with van der Waals surface area (Å²) >= 11 is 6.70. The number of alkyl halides is 1. The van der Waals surface area contributed by atoms with Crippen LogP contribution in [0, 0.1) is 24.4 Å². The predicted molar refractivity (Wildman–Crippen MR) is 76.0 cm³/mol. The topological polar surface area (TPSA) is 0 Å². The first kappa shape index (κ1) is 14.6. The van der Waals surface area contributed by atoms with Crippen molar-refractivity contribution in [1.82, 2.24) is 0 Å². The molecule has 0 amide bonds. The van der Waals surface area contributed by atoms with Gasteiger partial charge in [-0.1, -0.05) is 49.6 Å². The molecule has 19 heavy (non-hydrogen) atoms. The molecule has 1 atom stereocenters. The highest BCUT2D eigenvalue weighted by Gasteiger charge is 2.20. The van der Waals surface area contributed by atoms with E-state index in [-0.39, 0.29) is 5.56 Å². The second-order valence-corrected chi connectivity index (χ2v) is 5.95. The molecule has 2 rings (SSSR count). The SMILES string of the molecule is Cc1ccc(Br)c(C(Br)c2cc(F)c(F)cc2F)c1. The van der Waals surface area contributed by atoms with Crippen LogP contribution in [-0.4, -0.2) is 0 Å². The molecule has 2 aromatic carbocycles. The van der Waals surface area contributed by atoms with Gasteiger partial charge in [0.2, 0.25) is 0 Å². The Morgan fingerprint density at radius 2 is 1.53 bits per heavy atom. The lowest BCUT2D eigenvalue weighted by Gasteiger charge is -2.14. The molecule has 2 aromatic rings. The van der Waals surface area contributed by atoms with Gasteiger partial charge in [-0.2, -0.15) is 0 Å². The predicted octanol–water partition coefficient (Wildman–Crippen LogP) is 5.66. The van der Waals surface area contributed by atoms with Gasteiger partial charge in [0.25, 0.3) is 0 Å². The Hall–Kier alpha value is -0.810. The van der Waals surface area contributed by atoms with Gasteiger partial charge in [-0.15, -0.1) is 0 Å². The van der Waals surface area contributed by atoms with E-state index >= 15 is 0 Å². The van der Waals surface area contributed by atoms with Gasteiger partial charge >= 0.3 is 0 Å². The van der Waals surface area contributed by atoms with E-state index in [4.69, 9.17) is 0 Å². The lowest BCUT2D eigenvalue weighted by Crippen LogP contribution is -2.01. The minimum Gasteiger partial charge on any atom is -0.207 e. The third-order valence-corrected chi connectivity index (χ3v) is 4.45. The van der Waals surface area contributed by atoms with Crippen molar-refractivity contribution >= 4 is 31.9 Å². The van der Waals surface area contributed by atoms with E-state index in [9.17, 15) is 13.2 Å². The van der Waals surface area contributed by atoms with E-state index in [0.29, 0.717) is 6.07 Å². The van der Waals surface area contributed by atoms with Gasteiger partial charge in [0.05, 0.1) is 4.83 Å². The van der Waals surface area contributed by atoms with Crippen LogP contribution in [0.15, 0.2) is 34.8 Å². The molecule has 0 aliphatic rings. The molecule has 5 heteroatoms. The Morgan fingerprint density at radius 3 is 2.21 bits per heavy atom. The second kappa shape index (κ2) is 5.67. The maximum absolute atomic E-state index is 13.7. The van der Waals surface area contributed by atoms with Crippen LogP contribution in [0.2, 0.25) is 0 Å². The molecular weight excluding hydrogens is 385 g/mol. The van der Waals surface area contributed by atoms with Crippen molar-refractivity contribution < 1.29 is 13.2 Å². The summed E-state index contributed by atoms with van der Waals surface area (Å²) in [5.74, 6) is -3.04. The average Bonchev–Trinajstić information content (AvgIpc) is 2.36. The summed E-state index contributed by atoms with van der Waals surface area (Å²) < 4.78 is 40.7. The summed E-state index contributed by atoms with van der Waals surface area (Å²) in [5.41, 5.74) is 1.81. The third kappa shape index (κ3) is 3.03. The number of hydrogen-bond donors (Lipinski definition) is 0. The van der Waals surface area contributed by atoms with Crippen molar-refractivity contribution in [3.8, 4) is 0 Å². The molecule has 0 aliphatic carbocycles. The van der Waals surface area contributed by atoms with E-state index < -0.39 is 22.3 Å². The van der Waals surface area contributed by atoms with Crippen LogP contribution in [0.1, 0.15) is 21.5 Å². The Balaban J connectivity index is 2.52. The molecule has 0 aliphatic heterocycles. The summed E-state index contributed by atoms with van der Waals surface area (Å²) in [4.78, 5) is -0.558. The summed E-state index contributed by atoms with van der Waals surface area (Å²) in [6, 6.07) is 7.01. The van der Waals surface area contributed by atoms with Crippen LogP contribution < -0.4 is 0 Å². The Morgan fingerprint density at radius 1 is 0.895 bits per heavy atom. The van der Waals surface area contributed by atoms with Crippen molar-refractivity contribution in [3.05, 3.63) is 68.9 Å². The van der Waals surface area contributed by atoms with Gasteiger partial charge < -0.3 is 0 Å². The fourth-order valence-electron chi connectivity index (χ4n) is 1.76. The van der Waals surface area contributed by atoms with Gasteiger partial charge in [0.1, 0.15) is 5.82 Å². The van der Waals surface area contributed by atoms with Gasteiger partial charge in [0.15, 0.2) is 11.6 Å². The molecule has 0 spiro atoms. The number of halogens is 5. The lowest BCUT2D eigenvalue weighted by molar-refractivity contribution is 0.491. The van der Waals surface area contributed by atoms with Crippen LogP contribution in [0.5, 0.6) is 0 Å². The van der Waals surface area contributed by atoms with Crippen molar-refractivity contribution in [1.29, 1.82) is 0 Å². The minimum absolute atomic E-state index is 0.0604. The Bertz CT molecular complexity index is 626. The molecule has 0 aromatic heterocycles. The molecule has 100 valence electrons. The molecule has 1 unspecified atom stereocenters. The largest absolute Gasteiger partial charge is 0.207 e. The highest BCUT2D eigenvalue weighted by molar-refractivity contribution is 9.11. The van der Waals surface area contributed by atoms with Gasteiger partial charge in [0, 0.05) is 16.1 Å². The van der Waals surface area contributed by atoms with E-state index in [1.54, 1.807) is 0 Å². The van der Waals surface area contributed by atoms with Crippen molar-refractivity contribution in [2.75, 3.05) is 0 Å². The summed E-state index contributed by atoms with van der Waals surface area (Å²) in [7, 11) is 0. The summed E-state index contributed by atoms with van der Waals surface area (Å²) in [6.07, 6.45) is 0. The fourth-order valence-corrected chi connectivity index (χ4v) is 3.27. The van der Waals surface area contributed by atoms with Gasteiger partial charge in [-0.05, 0) is 24.6 Å². The zero-order valence-electron chi connectivity index (χ0n) is 9.85. The van der Waals surface area contributed by atoms with Crippen LogP contribution in [0.3, 0.4) is 0 Å². The highest BCUT2D eigenvalue weighted by Crippen LogP contribution is 2.37. The van der Waals surface area contributed by atoms with Crippen LogP contribution in [0.4, 0.5) is 13.2 Å². The zero-order valence-corrected chi connectivity index (χ0v) is 13.0. The number of hydrogen-bond acceptors (Lipinski definition) is 0. The molecule has 0 saturated carbocycles.